The van der Waals surface area contributed by atoms with E-state index in [9.17, 15) is 9.59 Å². The van der Waals surface area contributed by atoms with E-state index in [1.807, 2.05) is 0 Å². The third-order valence-electron chi connectivity index (χ3n) is 1.23. The Morgan fingerprint density at radius 2 is 2.23 bits per heavy atom. The molecule has 0 atom stereocenters. The molecule has 13 heavy (non-hydrogen) atoms. The quantitative estimate of drug-likeness (QED) is 0.678. The maximum absolute atomic E-state index is 10.9. The zero-order valence-corrected chi connectivity index (χ0v) is 7.59. The fourth-order valence-electron chi connectivity index (χ4n) is 0.695. The van der Waals surface area contributed by atoms with Gasteiger partial charge in [-0.15, -0.1) is 0 Å². The van der Waals surface area contributed by atoms with Crippen molar-refractivity contribution in [2.75, 3.05) is 11.9 Å². The molecule has 2 N–H and O–H groups in total. The van der Waals surface area contributed by atoms with E-state index in [4.69, 9.17) is 5.11 Å². The summed E-state index contributed by atoms with van der Waals surface area (Å²) in [7, 11) is 0. The van der Waals surface area contributed by atoms with Crippen LogP contribution in [0.2, 0.25) is 0 Å². The summed E-state index contributed by atoms with van der Waals surface area (Å²) in [5.41, 5.74) is 0.186. The second-order valence-corrected chi connectivity index (χ2v) is 2.79. The third kappa shape index (κ3) is 2.48. The first-order valence-electron chi connectivity index (χ1n) is 3.40. The van der Waals surface area contributed by atoms with Gasteiger partial charge in [0.1, 0.15) is 6.54 Å². The van der Waals surface area contributed by atoms with Gasteiger partial charge < -0.3 is 10.4 Å². The van der Waals surface area contributed by atoms with Crippen LogP contribution in [0.1, 0.15) is 17.4 Å². The Bertz CT molecular complexity index is 336. The maximum Gasteiger partial charge on any atom is 0.322 e. The van der Waals surface area contributed by atoms with Gasteiger partial charge >= 0.3 is 5.97 Å². The highest BCUT2D eigenvalue weighted by Crippen LogP contribution is 2.11. The van der Waals surface area contributed by atoms with Crippen molar-refractivity contribution in [2.24, 2.45) is 0 Å². The fraction of sp³-hybridized carbons (Fsp3) is 0.333. The summed E-state index contributed by atoms with van der Waals surface area (Å²) in [6.07, 6.45) is 0. The lowest BCUT2D eigenvalue weighted by molar-refractivity contribution is -0.134. The van der Waals surface area contributed by atoms with Crippen LogP contribution in [-0.4, -0.2) is 32.2 Å². The Morgan fingerprint density at radius 3 is 2.77 bits per heavy atom. The first kappa shape index (κ1) is 9.59. The van der Waals surface area contributed by atoms with Crippen molar-refractivity contribution in [3.8, 4) is 0 Å². The molecule has 0 radical (unpaired) electrons. The monoisotopic (exact) mass is 201 g/mol. The molecular formula is C6H7N3O3S. The molecule has 1 rings (SSSR count). The first-order chi connectivity index (χ1) is 6.11. The van der Waals surface area contributed by atoms with Crippen molar-refractivity contribution in [1.29, 1.82) is 0 Å². The summed E-state index contributed by atoms with van der Waals surface area (Å²) in [4.78, 5) is 21.1. The van der Waals surface area contributed by atoms with Crippen molar-refractivity contribution in [2.45, 2.75) is 6.92 Å². The molecule has 7 heteroatoms. The van der Waals surface area contributed by atoms with Crippen molar-refractivity contribution in [3.63, 3.8) is 0 Å². The molecule has 0 aliphatic heterocycles. The molecule has 6 nitrogen and oxygen atoms in total. The van der Waals surface area contributed by atoms with E-state index < -0.39 is 5.97 Å². The van der Waals surface area contributed by atoms with Crippen molar-refractivity contribution in [1.82, 2.24) is 8.75 Å². The van der Waals surface area contributed by atoms with E-state index >= 15 is 0 Å². The number of anilines is 1. The van der Waals surface area contributed by atoms with Gasteiger partial charge in [0.05, 0.1) is 11.7 Å². The SMILES string of the molecule is CC(=O)c1nsnc1NCC(=O)O. The Kier molecular flexibility index (Phi) is 2.91. The van der Waals surface area contributed by atoms with E-state index in [-0.39, 0.29) is 23.8 Å². The van der Waals surface area contributed by atoms with Crippen LogP contribution in [0.5, 0.6) is 0 Å². The van der Waals surface area contributed by atoms with Gasteiger partial charge in [-0.2, -0.15) is 8.75 Å². The van der Waals surface area contributed by atoms with Crippen molar-refractivity contribution < 1.29 is 14.7 Å². The Balaban J connectivity index is 2.71. The lowest BCUT2D eigenvalue weighted by atomic mass is 10.3. The van der Waals surface area contributed by atoms with E-state index in [1.54, 1.807) is 0 Å². The number of rotatable bonds is 4. The number of ketones is 1. The summed E-state index contributed by atoms with van der Waals surface area (Å²) in [6.45, 7) is 1.08. The molecule has 0 spiro atoms. The minimum atomic E-state index is -1.01. The molecular weight excluding hydrogens is 194 g/mol. The van der Waals surface area contributed by atoms with Crippen LogP contribution in [0.4, 0.5) is 5.82 Å². The van der Waals surface area contributed by atoms with E-state index in [1.165, 1.54) is 6.92 Å². The van der Waals surface area contributed by atoms with E-state index in [0.717, 1.165) is 11.7 Å². The van der Waals surface area contributed by atoms with Crippen LogP contribution in [0.25, 0.3) is 0 Å². The molecule has 0 fully saturated rings. The standard InChI is InChI=1S/C6H7N3O3S/c1-3(10)5-6(9-13-8-5)7-2-4(11)12/h2H2,1H3,(H,7,9)(H,11,12). The average molecular weight is 201 g/mol. The number of hydrogen-bond donors (Lipinski definition) is 2. The average Bonchev–Trinajstić information content (AvgIpc) is 2.47. The second kappa shape index (κ2) is 3.94. The lowest BCUT2D eigenvalue weighted by Crippen LogP contribution is -2.14. The van der Waals surface area contributed by atoms with Crippen LogP contribution >= 0.6 is 11.7 Å². The van der Waals surface area contributed by atoms with Gasteiger partial charge in [0.25, 0.3) is 0 Å². The molecule has 1 aromatic rings. The molecule has 0 aliphatic carbocycles. The molecule has 0 saturated heterocycles. The number of Topliss-reactive ketones (excluding diaryl/α,β-unsaturated/α-hetero) is 1. The Labute approximate surface area is 77.9 Å². The summed E-state index contributed by atoms with van der Waals surface area (Å²) in [5, 5.41) is 10.8. The zero-order valence-electron chi connectivity index (χ0n) is 6.77. The molecule has 1 heterocycles. The van der Waals surface area contributed by atoms with Gasteiger partial charge in [0.2, 0.25) is 0 Å². The van der Waals surface area contributed by atoms with Crippen molar-refractivity contribution >= 4 is 29.3 Å². The molecule has 0 aliphatic rings. The molecule has 0 aromatic carbocycles. The number of nitrogens with one attached hydrogen (secondary N) is 1. The minimum Gasteiger partial charge on any atom is -0.480 e. The van der Waals surface area contributed by atoms with Gasteiger partial charge in [-0.25, -0.2) is 0 Å². The minimum absolute atomic E-state index is 0.186. The summed E-state index contributed by atoms with van der Waals surface area (Å²) in [6, 6.07) is 0. The molecule has 0 saturated carbocycles. The fourth-order valence-corrected chi connectivity index (χ4v) is 1.27. The highest BCUT2D eigenvalue weighted by Gasteiger charge is 2.12. The highest BCUT2D eigenvalue weighted by atomic mass is 32.1. The Hall–Kier alpha value is -1.50. The van der Waals surface area contributed by atoms with E-state index in [0.29, 0.717) is 0 Å². The zero-order chi connectivity index (χ0) is 9.84. The predicted octanol–water partition coefficient (Wildman–Crippen LogP) is 0.237. The van der Waals surface area contributed by atoms with Crippen LogP contribution in [0.15, 0.2) is 0 Å². The van der Waals surface area contributed by atoms with Crippen LogP contribution in [0.3, 0.4) is 0 Å². The van der Waals surface area contributed by atoms with Crippen LogP contribution in [0, 0.1) is 0 Å². The maximum atomic E-state index is 10.9. The smallest absolute Gasteiger partial charge is 0.322 e. The number of carbonyl (C=O) groups excluding carboxylic acids is 1. The van der Waals surface area contributed by atoms with Crippen molar-refractivity contribution in [3.05, 3.63) is 5.69 Å². The molecule has 0 bridgehead atoms. The molecule has 70 valence electrons. The molecule has 0 amide bonds. The summed E-state index contributed by atoms with van der Waals surface area (Å²) >= 11 is 0.870. The van der Waals surface area contributed by atoms with Gasteiger partial charge in [-0.3, -0.25) is 9.59 Å². The lowest BCUT2D eigenvalue weighted by Gasteiger charge is -1.98. The first-order valence-corrected chi connectivity index (χ1v) is 4.13. The summed E-state index contributed by atoms with van der Waals surface area (Å²) in [5.74, 6) is -1.01. The highest BCUT2D eigenvalue weighted by molar-refractivity contribution is 6.99. The van der Waals surface area contributed by atoms with Crippen LogP contribution < -0.4 is 5.32 Å². The number of carbonyl (C=O) groups is 2. The number of nitrogens with zero attached hydrogens (tertiary/aromatic N) is 2. The third-order valence-corrected chi connectivity index (χ3v) is 1.76. The Morgan fingerprint density at radius 1 is 1.54 bits per heavy atom. The van der Waals surface area contributed by atoms with Gasteiger partial charge in [-0.05, 0) is 0 Å². The van der Waals surface area contributed by atoms with E-state index in [2.05, 4.69) is 14.1 Å². The van der Waals surface area contributed by atoms with Gasteiger partial charge in [0, 0.05) is 6.92 Å². The largest absolute Gasteiger partial charge is 0.480 e. The number of aliphatic carboxylic acids is 1. The second-order valence-electron chi connectivity index (χ2n) is 2.26. The number of carboxylic acid groups (broad SMARTS) is 1. The number of carboxylic acids is 1. The normalized spacial score (nSPS) is 9.62. The predicted molar refractivity (Wildman–Crippen MR) is 46.0 cm³/mol. The topological polar surface area (TPSA) is 92.2 Å². The van der Waals surface area contributed by atoms with Crippen LogP contribution in [-0.2, 0) is 4.79 Å². The number of hydrogen-bond acceptors (Lipinski definition) is 6. The van der Waals surface area contributed by atoms with Gasteiger partial charge in [-0.1, -0.05) is 0 Å². The van der Waals surface area contributed by atoms with Gasteiger partial charge in [0.15, 0.2) is 17.3 Å². The molecule has 0 unspecified atom stereocenters. The number of aromatic nitrogens is 2. The molecule has 1 aromatic heterocycles. The summed E-state index contributed by atoms with van der Waals surface area (Å²) < 4.78 is 7.46.